The maximum absolute atomic E-state index is 13.3. The summed E-state index contributed by atoms with van der Waals surface area (Å²) >= 11 is 0. The van der Waals surface area contributed by atoms with Crippen molar-refractivity contribution in [1.29, 1.82) is 0 Å². The molecule has 0 heterocycles. The topological polar surface area (TPSA) is 70.6 Å². The zero-order valence-corrected chi connectivity index (χ0v) is 11.4. The molecule has 21 heavy (non-hydrogen) atoms. The molecule has 0 saturated carbocycles. The number of halogens is 2. The lowest BCUT2D eigenvalue weighted by molar-refractivity contribution is 0.318. The Hall–Kier alpha value is -2.63. The molecule has 0 aliphatic carbocycles. The van der Waals surface area contributed by atoms with Crippen LogP contribution in [0.2, 0.25) is 0 Å². The van der Waals surface area contributed by atoms with Gasteiger partial charge in [0.25, 0.3) is 0 Å². The molecule has 6 heteroatoms. The van der Waals surface area contributed by atoms with Crippen LogP contribution in [0.15, 0.2) is 41.6 Å². The Bertz CT molecular complexity index is 666. The molecule has 4 nitrogen and oxygen atoms in total. The average Bonchev–Trinajstić information content (AvgIpc) is 2.44. The molecule has 0 amide bonds. The van der Waals surface area contributed by atoms with E-state index in [1.54, 1.807) is 13.0 Å². The molecule has 0 aromatic heterocycles. The number of nitrogens with one attached hydrogen (secondary N) is 1. The molecule has 0 bridgehead atoms. The number of nitrogens with zero attached hydrogens (tertiary/aromatic N) is 1. The molecule has 0 fully saturated rings. The van der Waals surface area contributed by atoms with Crippen molar-refractivity contribution in [1.82, 2.24) is 0 Å². The summed E-state index contributed by atoms with van der Waals surface area (Å²) in [6.45, 7) is 2.07. The number of hydrogen-bond acceptors (Lipinski definition) is 3. The molecule has 4 N–H and O–H groups in total. The number of aryl methyl sites for hydroxylation is 1. The first kappa shape index (κ1) is 14.8. The van der Waals surface area contributed by atoms with Gasteiger partial charge in [0.15, 0.2) is 5.84 Å². The molecule has 0 unspecified atom stereocenters. The molecular formula is C15H15F2N3O. The van der Waals surface area contributed by atoms with Crippen molar-refractivity contribution in [2.75, 3.05) is 5.32 Å². The van der Waals surface area contributed by atoms with Crippen LogP contribution in [0.3, 0.4) is 0 Å². The minimum absolute atomic E-state index is 0.179. The normalized spacial score (nSPS) is 11.5. The van der Waals surface area contributed by atoms with Crippen molar-refractivity contribution >= 4 is 11.5 Å². The summed E-state index contributed by atoms with van der Waals surface area (Å²) in [5, 5.41) is 14.6. The van der Waals surface area contributed by atoms with Crippen LogP contribution in [0, 0.1) is 18.6 Å². The first-order valence-electron chi connectivity index (χ1n) is 6.27. The summed E-state index contributed by atoms with van der Waals surface area (Å²) in [6.07, 6.45) is 0. The van der Waals surface area contributed by atoms with Gasteiger partial charge in [-0.05, 0) is 48.4 Å². The summed E-state index contributed by atoms with van der Waals surface area (Å²) in [7, 11) is 0. The van der Waals surface area contributed by atoms with E-state index in [1.165, 1.54) is 30.3 Å². The monoisotopic (exact) mass is 291 g/mol. The van der Waals surface area contributed by atoms with E-state index in [0.29, 0.717) is 11.3 Å². The summed E-state index contributed by atoms with van der Waals surface area (Å²) in [5.74, 6) is -1.00. The van der Waals surface area contributed by atoms with Crippen LogP contribution in [-0.4, -0.2) is 11.0 Å². The van der Waals surface area contributed by atoms with Gasteiger partial charge in [0, 0.05) is 17.8 Å². The highest BCUT2D eigenvalue weighted by molar-refractivity contribution is 5.98. The number of anilines is 1. The number of benzene rings is 2. The second kappa shape index (κ2) is 6.21. The van der Waals surface area contributed by atoms with Gasteiger partial charge in [0.05, 0.1) is 0 Å². The Balaban J connectivity index is 2.23. The Morgan fingerprint density at radius 3 is 2.62 bits per heavy atom. The third-order valence-electron chi connectivity index (χ3n) is 2.98. The predicted octanol–water partition coefficient (Wildman–Crippen LogP) is 2.98. The fraction of sp³-hybridized carbons (Fsp3) is 0.133. The zero-order valence-electron chi connectivity index (χ0n) is 11.4. The number of hydrogen-bond donors (Lipinski definition) is 3. The molecule has 0 aliphatic heterocycles. The lowest BCUT2D eigenvalue weighted by Gasteiger charge is -2.11. The molecule has 0 saturated heterocycles. The fourth-order valence-electron chi connectivity index (χ4n) is 2.03. The molecule has 0 radical (unpaired) electrons. The number of amidine groups is 1. The fourth-order valence-corrected chi connectivity index (χ4v) is 2.03. The molecule has 2 rings (SSSR count). The van der Waals surface area contributed by atoms with Crippen LogP contribution in [0.5, 0.6) is 0 Å². The molecule has 0 atom stereocenters. The standard InChI is InChI=1S/C15H15F2N3O/c1-9-4-12(17)6-13(5-9)19-8-10-2-3-11(16)7-14(10)15(18)20-21/h2-7,19,21H,8H2,1H3,(H2,18,20). The van der Waals surface area contributed by atoms with E-state index in [4.69, 9.17) is 10.9 Å². The Morgan fingerprint density at radius 2 is 1.95 bits per heavy atom. The van der Waals surface area contributed by atoms with Gasteiger partial charge >= 0.3 is 0 Å². The van der Waals surface area contributed by atoms with E-state index >= 15 is 0 Å². The maximum Gasteiger partial charge on any atom is 0.170 e. The van der Waals surface area contributed by atoms with Gasteiger partial charge in [-0.15, -0.1) is 0 Å². The molecular weight excluding hydrogens is 276 g/mol. The number of rotatable bonds is 4. The third kappa shape index (κ3) is 3.68. The van der Waals surface area contributed by atoms with E-state index < -0.39 is 5.82 Å². The van der Waals surface area contributed by atoms with Crippen LogP contribution in [-0.2, 0) is 6.54 Å². The van der Waals surface area contributed by atoms with Gasteiger partial charge in [0.2, 0.25) is 0 Å². The highest BCUT2D eigenvalue weighted by Crippen LogP contribution is 2.17. The lowest BCUT2D eigenvalue weighted by atomic mass is 10.1. The average molecular weight is 291 g/mol. The Morgan fingerprint density at radius 1 is 1.19 bits per heavy atom. The SMILES string of the molecule is Cc1cc(F)cc(NCc2ccc(F)cc2C(N)=NO)c1. The number of nitrogens with two attached hydrogens (primary N) is 1. The predicted molar refractivity (Wildman–Crippen MR) is 77.4 cm³/mol. The van der Waals surface area contributed by atoms with Crippen LogP contribution in [0.25, 0.3) is 0 Å². The maximum atomic E-state index is 13.3. The van der Waals surface area contributed by atoms with Crippen LogP contribution < -0.4 is 11.1 Å². The molecule has 2 aromatic rings. The van der Waals surface area contributed by atoms with E-state index in [2.05, 4.69) is 10.5 Å². The Labute approximate surface area is 120 Å². The molecule has 0 aliphatic rings. The lowest BCUT2D eigenvalue weighted by Crippen LogP contribution is -2.17. The first-order chi connectivity index (χ1) is 9.99. The van der Waals surface area contributed by atoms with Crippen LogP contribution >= 0.6 is 0 Å². The first-order valence-corrected chi connectivity index (χ1v) is 6.27. The van der Waals surface area contributed by atoms with Crippen molar-refractivity contribution in [3.05, 3.63) is 64.7 Å². The second-order valence-electron chi connectivity index (χ2n) is 4.66. The number of oxime groups is 1. The van der Waals surface area contributed by atoms with Crippen molar-refractivity contribution in [3.8, 4) is 0 Å². The zero-order chi connectivity index (χ0) is 15.4. The Kier molecular flexibility index (Phi) is 4.37. The second-order valence-corrected chi connectivity index (χ2v) is 4.66. The van der Waals surface area contributed by atoms with Crippen LogP contribution in [0.1, 0.15) is 16.7 Å². The third-order valence-corrected chi connectivity index (χ3v) is 2.98. The van der Waals surface area contributed by atoms with Gasteiger partial charge in [-0.2, -0.15) is 0 Å². The largest absolute Gasteiger partial charge is 0.409 e. The quantitative estimate of drug-likeness (QED) is 0.351. The summed E-state index contributed by atoms with van der Waals surface area (Å²) in [6, 6.07) is 8.56. The molecule has 110 valence electrons. The highest BCUT2D eigenvalue weighted by atomic mass is 19.1. The van der Waals surface area contributed by atoms with Crippen molar-refractivity contribution in [2.45, 2.75) is 13.5 Å². The summed E-state index contributed by atoms with van der Waals surface area (Å²) < 4.78 is 26.6. The smallest absolute Gasteiger partial charge is 0.170 e. The van der Waals surface area contributed by atoms with Crippen molar-refractivity contribution < 1.29 is 14.0 Å². The van der Waals surface area contributed by atoms with Gasteiger partial charge in [-0.3, -0.25) is 0 Å². The summed E-state index contributed by atoms with van der Waals surface area (Å²) in [4.78, 5) is 0. The van der Waals surface area contributed by atoms with Crippen LogP contribution in [0.4, 0.5) is 14.5 Å². The van der Waals surface area contributed by atoms with Gasteiger partial charge < -0.3 is 16.3 Å². The van der Waals surface area contributed by atoms with E-state index in [9.17, 15) is 8.78 Å². The highest BCUT2D eigenvalue weighted by Gasteiger charge is 2.09. The molecule has 2 aromatic carbocycles. The van der Waals surface area contributed by atoms with E-state index in [-0.39, 0.29) is 23.8 Å². The van der Waals surface area contributed by atoms with E-state index in [0.717, 1.165) is 5.56 Å². The van der Waals surface area contributed by atoms with Gasteiger partial charge in [-0.1, -0.05) is 11.2 Å². The van der Waals surface area contributed by atoms with Crippen molar-refractivity contribution in [2.24, 2.45) is 10.9 Å². The summed E-state index contributed by atoms with van der Waals surface area (Å²) in [5.41, 5.74) is 7.83. The minimum Gasteiger partial charge on any atom is -0.409 e. The van der Waals surface area contributed by atoms with E-state index in [1.807, 2.05) is 0 Å². The molecule has 0 spiro atoms. The minimum atomic E-state index is -0.484. The van der Waals surface area contributed by atoms with Gasteiger partial charge in [0.1, 0.15) is 11.6 Å². The van der Waals surface area contributed by atoms with Crippen molar-refractivity contribution in [3.63, 3.8) is 0 Å². The van der Waals surface area contributed by atoms with Gasteiger partial charge in [-0.25, -0.2) is 8.78 Å².